The largest absolute Gasteiger partial charge is 0.385 e. The summed E-state index contributed by atoms with van der Waals surface area (Å²) in [6.07, 6.45) is 4.98. The number of anilines is 1. The molecule has 0 spiro atoms. The number of benzene rings is 1. The number of hydrogen-bond acceptors (Lipinski definition) is 2. The maximum absolute atomic E-state index is 10.8. The minimum Gasteiger partial charge on any atom is -0.385 e. The molecule has 17 heavy (non-hydrogen) atoms. The molecule has 1 aromatic carbocycles. The Morgan fingerprint density at radius 1 is 1.18 bits per heavy atom. The Morgan fingerprint density at radius 3 is 2.41 bits per heavy atom. The summed E-state index contributed by atoms with van der Waals surface area (Å²) in [7, 11) is 4.09. The van der Waals surface area contributed by atoms with Gasteiger partial charge in [-0.1, -0.05) is 25.0 Å². The van der Waals surface area contributed by atoms with Gasteiger partial charge in [0.05, 0.1) is 5.60 Å². The molecule has 0 aromatic heterocycles. The van der Waals surface area contributed by atoms with E-state index in [0.29, 0.717) is 11.8 Å². The Bertz CT molecular complexity index is 415. The molecule has 92 valence electrons. The average molecular weight is 231 g/mol. The van der Waals surface area contributed by atoms with Crippen LogP contribution in [0.3, 0.4) is 0 Å². The standard InChI is InChI=1S/C15H21NO/c1-16(2)12-7-5-6-11(10-12)15(17)13-8-3-4-9-14(13)15/h5-7,10,13-14,17H,3-4,8-9H2,1-2H3. The van der Waals surface area contributed by atoms with Crippen LogP contribution in [0.2, 0.25) is 0 Å². The van der Waals surface area contributed by atoms with Gasteiger partial charge < -0.3 is 10.0 Å². The second-order valence-corrected chi connectivity index (χ2v) is 5.77. The van der Waals surface area contributed by atoms with Gasteiger partial charge in [0.1, 0.15) is 0 Å². The van der Waals surface area contributed by atoms with Gasteiger partial charge in [-0.05, 0) is 42.4 Å². The first kappa shape index (κ1) is 11.1. The van der Waals surface area contributed by atoms with Crippen molar-refractivity contribution in [3.05, 3.63) is 29.8 Å². The lowest BCUT2D eigenvalue weighted by Crippen LogP contribution is -2.13. The van der Waals surface area contributed by atoms with E-state index in [9.17, 15) is 5.11 Å². The third-order valence-corrected chi connectivity index (χ3v) is 4.61. The number of rotatable bonds is 2. The molecule has 1 N–H and O–H groups in total. The highest BCUT2D eigenvalue weighted by atomic mass is 16.3. The van der Waals surface area contributed by atoms with Crippen molar-refractivity contribution in [1.82, 2.24) is 0 Å². The monoisotopic (exact) mass is 231 g/mol. The van der Waals surface area contributed by atoms with E-state index in [-0.39, 0.29) is 0 Å². The molecule has 2 unspecified atom stereocenters. The minimum absolute atomic E-state index is 0.511. The summed E-state index contributed by atoms with van der Waals surface area (Å²) in [4.78, 5) is 2.10. The SMILES string of the molecule is CN(C)c1cccc(C2(O)C3CCCCC32)c1. The molecule has 1 aromatic rings. The van der Waals surface area contributed by atoms with Crippen molar-refractivity contribution in [3.8, 4) is 0 Å². The van der Waals surface area contributed by atoms with Crippen LogP contribution in [0.15, 0.2) is 24.3 Å². The highest BCUT2D eigenvalue weighted by Gasteiger charge is 2.64. The second-order valence-electron chi connectivity index (χ2n) is 5.77. The van der Waals surface area contributed by atoms with E-state index in [1.807, 2.05) is 14.1 Å². The van der Waals surface area contributed by atoms with Gasteiger partial charge in [-0.25, -0.2) is 0 Å². The Balaban J connectivity index is 1.92. The molecule has 2 aliphatic carbocycles. The van der Waals surface area contributed by atoms with Crippen molar-refractivity contribution in [1.29, 1.82) is 0 Å². The first-order chi connectivity index (χ1) is 8.14. The number of aliphatic hydroxyl groups is 1. The molecule has 2 fully saturated rings. The molecule has 0 heterocycles. The van der Waals surface area contributed by atoms with E-state index < -0.39 is 5.60 Å². The molecule has 2 aliphatic rings. The van der Waals surface area contributed by atoms with E-state index in [1.165, 1.54) is 31.4 Å². The smallest absolute Gasteiger partial charge is 0.0960 e. The third-order valence-electron chi connectivity index (χ3n) is 4.61. The Kier molecular flexibility index (Phi) is 2.44. The van der Waals surface area contributed by atoms with Crippen molar-refractivity contribution < 1.29 is 5.11 Å². The van der Waals surface area contributed by atoms with Crippen molar-refractivity contribution >= 4 is 5.69 Å². The lowest BCUT2D eigenvalue weighted by atomic mass is 10.0. The van der Waals surface area contributed by atoms with Crippen LogP contribution >= 0.6 is 0 Å². The molecule has 2 saturated carbocycles. The average Bonchev–Trinajstić information content (AvgIpc) is 2.98. The second kappa shape index (κ2) is 3.74. The fourth-order valence-electron chi connectivity index (χ4n) is 3.55. The van der Waals surface area contributed by atoms with Crippen LogP contribution in [-0.4, -0.2) is 19.2 Å². The van der Waals surface area contributed by atoms with Crippen LogP contribution < -0.4 is 4.90 Å². The van der Waals surface area contributed by atoms with E-state index >= 15 is 0 Å². The summed E-state index contributed by atoms with van der Waals surface area (Å²) in [5.41, 5.74) is 1.79. The van der Waals surface area contributed by atoms with E-state index in [1.54, 1.807) is 0 Å². The van der Waals surface area contributed by atoms with Crippen molar-refractivity contribution in [2.45, 2.75) is 31.3 Å². The maximum atomic E-state index is 10.8. The van der Waals surface area contributed by atoms with Crippen LogP contribution in [0.5, 0.6) is 0 Å². The Hall–Kier alpha value is -1.02. The Labute approximate surface area is 103 Å². The molecule has 3 rings (SSSR count). The highest BCUT2D eigenvalue weighted by Crippen LogP contribution is 2.64. The first-order valence-corrected chi connectivity index (χ1v) is 6.64. The molecule has 0 radical (unpaired) electrons. The predicted molar refractivity (Wildman–Crippen MR) is 70.1 cm³/mol. The van der Waals surface area contributed by atoms with Gasteiger partial charge in [-0.2, -0.15) is 0 Å². The number of nitrogens with zero attached hydrogens (tertiary/aromatic N) is 1. The lowest BCUT2D eigenvalue weighted by molar-refractivity contribution is 0.118. The van der Waals surface area contributed by atoms with Gasteiger partial charge in [0.15, 0.2) is 0 Å². The molecular formula is C15H21NO. The summed E-state index contributed by atoms with van der Waals surface area (Å²) >= 11 is 0. The Morgan fingerprint density at radius 2 is 1.82 bits per heavy atom. The molecule has 0 aliphatic heterocycles. The summed E-state index contributed by atoms with van der Waals surface area (Å²) in [6, 6.07) is 8.40. The third kappa shape index (κ3) is 1.58. The van der Waals surface area contributed by atoms with Crippen molar-refractivity contribution in [2.24, 2.45) is 11.8 Å². The summed E-state index contributed by atoms with van der Waals surface area (Å²) in [5.74, 6) is 1.04. The topological polar surface area (TPSA) is 23.5 Å². The van der Waals surface area contributed by atoms with Crippen LogP contribution in [0.1, 0.15) is 31.2 Å². The normalized spacial score (nSPS) is 35.2. The number of hydrogen-bond donors (Lipinski definition) is 1. The van der Waals surface area contributed by atoms with E-state index in [4.69, 9.17) is 0 Å². The zero-order valence-corrected chi connectivity index (χ0v) is 10.7. The zero-order chi connectivity index (χ0) is 12.0. The maximum Gasteiger partial charge on any atom is 0.0960 e. The van der Waals surface area contributed by atoms with Crippen molar-refractivity contribution in [3.63, 3.8) is 0 Å². The minimum atomic E-state index is -0.511. The fraction of sp³-hybridized carbons (Fsp3) is 0.600. The first-order valence-electron chi connectivity index (χ1n) is 6.64. The molecule has 0 amide bonds. The van der Waals surface area contributed by atoms with Crippen molar-refractivity contribution in [2.75, 3.05) is 19.0 Å². The van der Waals surface area contributed by atoms with Crippen LogP contribution in [-0.2, 0) is 5.60 Å². The quantitative estimate of drug-likeness (QED) is 0.846. The fourth-order valence-corrected chi connectivity index (χ4v) is 3.55. The summed E-state index contributed by atoms with van der Waals surface area (Å²) in [6.45, 7) is 0. The van der Waals surface area contributed by atoms with Crippen LogP contribution in [0.25, 0.3) is 0 Å². The van der Waals surface area contributed by atoms with Gasteiger partial charge in [0, 0.05) is 19.8 Å². The van der Waals surface area contributed by atoms with Gasteiger partial charge in [0.25, 0.3) is 0 Å². The molecule has 2 nitrogen and oxygen atoms in total. The van der Waals surface area contributed by atoms with Gasteiger partial charge >= 0.3 is 0 Å². The predicted octanol–water partition coefficient (Wildman–Crippen LogP) is 2.76. The van der Waals surface area contributed by atoms with Gasteiger partial charge in [-0.3, -0.25) is 0 Å². The van der Waals surface area contributed by atoms with Crippen LogP contribution in [0, 0.1) is 11.8 Å². The molecule has 0 saturated heterocycles. The van der Waals surface area contributed by atoms with E-state index in [2.05, 4.69) is 29.2 Å². The number of fused-ring (bicyclic) bond motifs is 1. The molecular weight excluding hydrogens is 210 g/mol. The van der Waals surface area contributed by atoms with Crippen LogP contribution in [0.4, 0.5) is 5.69 Å². The summed E-state index contributed by atoms with van der Waals surface area (Å²) < 4.78 is 0. The lowest BCUT2D eigenvalue weighted by Gasteiger charge is -2.17. The van der Waals surface area contributed by atoms with Gasteiger partial charge in [0.2, 0.25) is 0 Å². The summed E-state index contributed by atoms with van der Waals surface area (Å²) in [5, 5.41) is 10.8. The molecule has 0 bridgehead atoms. The molecule has 2 atom stereocenters. The van der Waals surface area contributed by atoms with E-state index in [0.717, 1.165) is 5.56 Å². The molecule has 2 heteroatoms. The van der Waals surface area contributed by atoms with Gasteiger partial charge in [-0.15, -0.1) is 0 Å². The highest BCUT2D eigenvalue weighted by molar-refractivity contribution is 5.50. The zero-order valence-electron chi connectivity index (χ0n) is 10.7.